The Bertz CT molecular complexity index is 130. The molecular formula is C9H26N4Si. The summed E-state index contributed by atoms with van der Waals surface area (Å²) in [6.45, 7) is 6.66. The van der Waals surface area contributed by atoms with Crippen molar-refractivity contribution in [1.29, 1.82) is 0 Å². The van der Waals surface area contributed by atoms with Gasteiger partial charge in [0.15, 0.2) is 0 Å². The number of nitrogens with zero attached hydrogens (tertiary/aromatic N) is 2. The summed E-state index contributed by atoms with van der Waals surface area (Å²) in [5.74, 6) is 0. The van der Waals surface area contributed by atoms with Gasteiger partial charge < -0.3 is 9.96 Å². The molecule has 0 heterocycles. The van der Waals surface area contributed by atoms with E-state index in [0.717, 1.165) is 13.1 Å². The van der Waals surface area contributed by atoms with Crippen molar-refractivity contribution >= 4 is 9.28 Å². The highest BCUT2D eigenvalue weighted by atomic mass is 28.3. The molecule has 0 saturated heterocycles. The molecule has 0 aliphatic carbocycles. The quantitative estimate of drug-likeness (QED) is 0.447. The van der Waals surface area contributed by atoms with E-state index in [4.69, 9.17) is 0 Å². The monoisotopic (exact) mass is 218 g/mol. The van der Waals surface area contributed by atoms with Crippen LogP contribution in [0.5, 0.6) is 0 Å². The predicted molar refractivity (Wildman–Crippen MR) is 65.2 cm³/mol. The Morgan fingerprint density at radius 3 is 2.07 bits per heavy atom. The molecule has 5 heteroatoms. The normalized spacial score (nSPS) is 12.0. The van der Waals surface area contributed by atoms with E-state index in [-0.39, 0.29) is 0 Å². The molecule has 0 aromatic rings. The minimum atomic E-state index is -1.15. The summed E-state index contributed by atoms with van der Waals surface area (Å²) < 4.78 is 2.43. The van der Waals surface area contributed by atoms with Crippen LogP contribution in [0.2, 0.25) is 0 Å². The zero-order chi connectivity index (χ0) is 11.0. The first kappa shape index (κ1) is 14.1. The van der Waals surface area contributed by atoms with Crippen molar-refractivity contribution in [2.24, 2.45) is 0 Å². The van der Waals surface area contributed by atoms with Gasteiger partial charge in [-0.1, -0.05) is 20.3 Å². The second kappa shape index (κ2) is 8.37. The second-order valence-electron chi connectivity index (χ2n) is 3.47. The Balaban J connectivity index is 4.07. The van der Waals surface area contributed by atoms with Crippen LogP contribution in [-0.2, 0) is 0 Å². The van der Waals surface area contributed by atoms with Gasteiger partial charge in [-0.2, -0.15) is 0 Å². The van der Waals surface area contributed by atoms with Gasteiger partial charge in [0.25, 0.3) is 9.28 Å². The maximum Gasteiger partial charge on any atom is 0.280 e. The van der Waals surface area contributed by atoms with E-state index in [1.54, 1.807) is 0 Å². The fourth-order valence-corrected chi connectivity index (χ4v) is 3.34. The Hall–Kier alpha value is 0.0569. The van der Waals surface area contributed by atoms with Crippen LogP contribution in [0.1, 0.15) is 26.7 Å². The van der Waals surface area contributed by atoms with Crippen LogP contribution in [0.4, 0.5) is 0 Å². The highest BCUT2D eigenvalue weighted by Gasteiger charge is 2.19. The van der Waals surface area contributed by atoms with Crippen molar-refractivity contribution in [2.75, 3.05) is 34.2 Å². The lowest BCUT2D eigenvalue weighted by molar-refractivity contribution is 0.0839. The third-order valence-electron chi connectivity index (χ3n) is 2.44. The minimum Gasteiger partial charge on any atom is -0.318 e. The van der Waals surface area contributed by atoms with E-state index in [2.05, 4.69) is 40.5 Å². The molecule has 14 heavy (non-hydrogen) atoms. The van der Waals surface area contributed by atoms with Gasteiger partial charge in [0.2, 0.25) is 0 Å². The highest BCUT2D eigenvalue weighted by molar-refractivity contribution is 6.49. The van der Waals surface area contributed by atoms with E-state index in [9.17, 15) is 0 Å². The molecule has 0 aromatic carbocycles. The van der Waals surface area contributed by atoms with Crippen LogP contribution in [0.15, 0.2) is 0 Å². The summed E-state index contributed by atoms with van der Waals surface area (Å²) >= 11 is 0. The number of unbranched alkanes of at least 4 members (excludes halogenated alkanes) is 1. The van der Waals surface area contributed by atoms with Crippen LogP contribution >= 0.6 is 0 Å². The fourth-order valence-electron chi connectivity index (χ4n) is 1.58. The van der Waals surface area contributed by atoms with Crippen LogP contribution < -0.4 is 9.96 Å². The van der Waals surface area contributed by atoms with Crippen LogP contribution in [-0.4, -0.2) is 53.2 Å². The number of hydrazine groups is 1. The average Bonchev–Trinajstić information content (AvgIpc) is 2.22. The number of hydrogen-bond donors (Lipinski definition) is 2. The molecule has 0 atom stereocenters. The lowest BCUT2D eigenvalue weighted by atomic mass is 10.3. The number of hydrogen-bond acceptors (Lipinski definition) is 4. The van der Waals surface area contributed by atoms with E-state index in [0.29, 0.717) is 0 Å². The SMILES string of the molecule is CCCCN(C)N(CC)[SiH](NC)NC. The second-order valence-corrected chi connectivity index (χ2v) is 6.03. The Morgan fingerprint density at radius 2 is 1.71 bits per heavy atom. The smallest absolute Gasteiger partial charge is 0.280 e. The molecule has 4 nitrogen and oxygen atoms in total. The van der Waals surface area contributed by atoms with Crippen LogP contribution in [0.3, 0.4) is 0 Å². The first-order chi connectivity index (χ1) is 6.71. The van der Waals surface area contributed by atoms with Gasteiger partial charge in [0, 0.05) is 20.1 Å². The van der Waals surface area contributed by atoms with Crippen molar-refractivity contribution in [2.45, 2.75) is 26.7 Å². The van der Waals surface area contributed by atoms with E-state index in [1.807, 2.05) is 14.1 Å². The topological polar surface area (TPSA) is 30.5 Å². The molecule has 2 N–H and O–H groups in total. The number of rotatable bonds is 8. The Labute approximate surface area is 90.5 Å². The minimum absolute atomic E-state index is 1.07. The molecule has 0 bridgehead atoms. The van der Waals surface area contributed by atoms with Crippen molar-refractivity contribution < 1.29 is 0 Å². The molecule has 0 unspecified atom stereocenters. The molecule has 86 valence electrons. The fraction of sp³-hybridized carbons (Fsp3) is 1.00. The lowest BCUT2D eigenvalue weighted by Gasteiger charge is -2.36. The van der Waals surface area contributed by atoms with Crippen LogP contribution in [0.25, 0.3) is 0 Å². The molecular weight excluding hydrogens is 192 g/mol. The molecule has 0 saturated carbocycles. The average molecular weight is 218 g/mol. The first-order valence-corrected chi connectivity index (χ1v) is 7.20. The predicted octanol–water partition coefficient (Wildman–Crippen LogP) is 0.111. The summed E-state index contributed by atoms with van der Waals surface area (Å²) in [5.41, 5.74) is 0. The van der Waals surface area contributed by atoms with Gasteiger partial charge in [-0.05, 0) is 20.5 Å². The molecule has 0 fully saturated rings. The zero-order valence-corrected chi connectivity index (χ0v) is 11.5. The van der Waals surface area contributed by atoms with Gasteiger partial charge in [0.05, 0.1) is 0 Å². The third-order valence-corrected chi connectivity index (χ3v) is 4.89. The van der Waals surface area contributed by atoms with Crippen molar-refractivity contribution in [1.82, 2.24) is 19.6 Å². The highest BCUT2D eigenvalue weighted by Crippen LogP contribution is 1.98. The summed E-state index contributed by atoms with van der Waals surface area (Å²) in [6.07, 6.45) is 2.52. The van der Waals surface area contributed by atoms with E-state index >= 15 is 0 Å². The van der Waals surface area contributed by atoms with Crippen molar-refractivity contribution in [3.8, 4) is 0 Å². The number of nitrogens with one attached hydrogen (secondary N) is 2. The van der Waals surface area contributed by atoms with Crippen molar-refractivity contribution in [3.05, 3.63) is 0 Å². The largest absolute Gasteiger partial charge is 0.318 e. The standard InChI is InChI=1S/C9H26N4Si/c1-6-8-9-12(5)13(7-2)14(10-3)11-4/h10-11,14H,6-9H2,1-5H3. The van der Waals surface area contributed by atoms with Gasteiger partial charge in [-0.3, -0.25) is 0 Å². The maximum atomic E-state index is 3.37. The summed E-state index contributed by atoms with van der Waals surface area (Å²) in [6, 6.07) is 0. The van der Waals surface area contributed by atoms with E-state index in [1.165, 1.54) is 12.8 Å². The summed E-state index contributed by atoms with van der Waals surface area (Å²) in [5, 5.41) is 2.34. The van der Waals surface area contributed by atoms with Gasteiger partial charge in [0.1, 0.15) is 0 Å². The van der Waals surface area contributed by atoms with E-state index < -0.39 is 9.28 Å². The third kappa shape index (κ3) is 4.52. The summed E-state index contributed by atoms with van der Waals surface area (Å²) in [7, 11) is 5.09. The molecule has 0 rings (SSSR count). The Kier molecular flexibility index (Phi) is 8.41. The molecule has 0 amide bonds. The lowest BCUT2D eigenvalue weighted by Crippen LogP contribution is -2.62. The summed E-state index contributed by atoms with van der Waals surface area (Å²) in [4.78, 5) is 6.74. The molecule has 0 aliphatic rings. The Morgan fingerprint density at radius 1 is 1.14 bits per heavy atom. The van der Waals surface area contributed by atoms with Crippen LogP contribution in [0, 0.1) is 0 Å². The molecule has 0 radical (unpaired) electrons. The van der Waals surface area contributed by atoms with Gasteiger partial charge in [-0.25, -0.2) is 9.68 Å². The molecule has 0 aromatic heterocycles. The van der Waals surface area contributed by atoms with Gasteiger partial charge >= 0.3 is 0 Å². The maximum absolute atomic E-state index is 3.37. The van der Waals surface area contributed by atoms with Crippen molar-refractivity contribution in [3.63, 3.8) is 0 Å². The van der Waals surface area contributed by atoms with Gasteiger partial charge in [-0.15, -0.1) is 0 Å². The molecule has 0 spiro atoms. The zero-order valence-electron chi connectivity index (χ0n) is 10.3. The molecule has 0 aliphatic heterocycles. The first-order valence-electron chi connectivity index (χ1n) is 5.53.